The van der Waals surface area contributed by atoms with Crippen LogP contribution in [-0.2, 0) is 9.84 Å². The summed E-state index contributed by atoms with van der Waals surface area (Å²) in [4.78, 5) is 9.49. The van der Waals surface area contributed by atoms with Gasteiger partial charge in [-0.2, -0.15) is 9.90 Å². The Morgan fingerprint density at radius 2 is 2.22 bits per heavy atom. The molecule has 0 aliphatic carbocycles. The molecule has 5 nitrogen and oxygen atoms in total. The lowest BCUT2D eigenvalue weighted by molar-refractivity contribution is 0.00496. The summed E-state index contributed by atoms with van der Waals surface area (Å²) >= 11 is 0. The summed E-state index contributed by atoms with van der Waals surface area (Å²) in [6, 6.07) is 0. The predicted molar refractivity (Wildman–Crippen MR) is 25.1 cm³/mol. The minimum absolute atomic E-state index is 0.446. The van der Waals surface area contributed by atoms with Crippen LogP contribution in [0.25, 0.3) is 0 Å². The van der Waals surface area contributed by atoms with Crippen LogP contribution in [0.4, 0.5) is 4.79 Å². The highest BCUT2D eigenvalue weighted by Crippen LogP contribution is 1.83. The van der Waals surface area contributed by atoms with Gasteiger partial charge in [0.2, 0.25) is 0 Å². The molecule has 0 heterocycles. The fraction of sp³-hybridized carbons (Fsp3) is 0.750. The smallest absolute Gasteiger partial charge is 0.429 e. The lowest BCUT2D eigenvalue weighted by Crippen LogP contribution is -2.20. The van der Waals surface area contributed by atoms with Crippen LogP contribution in [0, 0.1) is 0 Å². The van der Waals surface area contributed by atoms with E-state index in [0.29, 0.717) is 0 Å². The molecule has 0 aromatic heterocycles. The molecule has 1 unspecified atom stereocenters. The first-order valence-corrected chi connectivity index (χ1v) is 2.29. The van der Waals surface area contributed by atoms with Crippen molar-refractivity contribution in [2.75, 3.05) is 13.2 Å². The van der Waals surface area contributed by atoms with Gasteiger partial charge in [-0.15, -0.1) is 0 Å². The molecule has 53 valence electrons. The Balaban J connectivity index is 3.16. The molecule has 0 aliphatic rings. The molecular weight excluding hydrogens is 128 g/mol. The van der Waals surface area contributed by atoms with Gasteiger partial charge in [0, 0.05) is 0 Å². The van der Waals surface area contributed by atoms with Gasteiger partial charge in [-0.1, -0.05) is 0 Å². The van der Waals surface area contributed by atoms with Crippen molar-refractivity contribution in [2.24, 2.45) is 0 Å². The summed E-state index contributed by atoms with van der Waals surface area (Å²) in [5.41, 5.74) is 0. The average molecular weight is 135 g/mol. The van der Waals surface area contributed by atoms with E-state index in [1.807, 2.05) is 0 Å². The molecule has 0 rings (SSSR count). The van der Waals surface area contributed by atoms with Crippen molar-refractivity contribution < 1.29 is 24.9 Å². The van der Waals surface area contributed by atoms with Crippen LogP contribution < -0.4 is 0 Å². The third-order valence-electron chi connectivity index (χ3n) is 0.604. The number of aliphatic hydroxyl groups excluding tert-OH is 2. The number of carbonyl (C=O) groups is 1. The first kappa shape index (κ1) is 8.19. The number of rotatable bonds is 3. The Hall–Kier alpha value is -0.810. The molecule has 0 aromatic carbocycles. The van der Waals surface area contributed by atoms with Crippen LogP contribution in [0.2, 0.25) is 0 Å². The molecule has 1 atom stereocenters. The maximum Gasteiger partial charge on any atom is 0.550 e. The van der Waals surface area contributed by atoms with Gasteiger partial charge in [0.25, 0.3) is 0 Å². The minimum Gasteiger partial charge on any atom is -0.429 e. The van der Waals surface area contributed by atoms with Gasteiger partial charge >= 0.3 is 6.16 Å². The highest BCUT2D eigenvalue weighted by Gasteiger charge is 2.05. The molecule has 2 N–H and O–H groups in total. The summed E-state index contributed by atoms with van der Waals surface area (Å²) in [7, 11) is 0. The molecule has 0 saturated carbocycles. The molecule has 0 fully saturated rings. The quantitative estimate of drug-likeness (QED) is 0.481. The molecule has 0 amide bonds. The number of ether oxygens (including phenoxy) is 1. The molecule has 0 spiro atoms. The van der Waals surface area contributed by atoms with E-state index in [1.54, 1.807) is 0 Å². The van der Waals surface area contributed by atoms with Crippen molar-refractivity contribution in [3.63, 3.8) is 0 Å². The molecule has 0 aromatic rings. The zero-order chi connectivity index (χ0) is 7.28. The highest BCUT2D eigenvalue weighted by atomic mass is 16.7. The summed E-state index contributed by atoms with van der Waals surface area (Å²) < 4.78 is 3.79. The molecule has 0 bridgehead atoms. The van der Waals surface area contributed by atoms with Crippen LogP contribution in [-0.4, -0.2) is 35.7 Å². The maximum atomic E-state index is 9.49. The largest absolute Gasteiger partial charge is 0.550 e. The molecule has 0 saturated heterocycles. The second kappa shape index (κ2) is 4.11. The van der Waals surface area contributed by atoms with Crippen LogP contribution in [0.3, 0.4) is 0 Å². The van der Waals surface area contributed by atoms with Crippen molar-refractivity contribution in [1.29, 1.82) is 0 Å². The van der Waals surface area contributed by atoms with E-state index in [0.717, 1.165) is 0 Å². The molecule has 1 radical (unpaired) electrons. The number of hydrogen-bond donors (Lipinski definition) is 2. The Labute approximate surface area is 51.5 Å². The summed E-state index contributed by atoms with van der Waals surface area (Å²) in [6.07, 6.45) is -2.86. The fourth-order valence-electron chi connectivity index (χ4n) is 0.217. The first-order valence-electron chi connectivity index (χ1n) is 2.29. The number of aliphatic hydroxyl groups is 2. The van der Waals surface area contributed by atoms with E-state index in [2.05, 4.69) is 4.74 Å². The van der Waals surface area contributed by atoms with Crippen molar-refractivity contribution in [3.05, 3.63) is 0 Å². The van der Waals surface area contributed by atoms with Gasteiger partial charge in [-0.3, -0.25) is 0 Å². The Kier molecular flexibility index (Phi) is 3.74. The van der Waals surface area contributed by atoms with Gasteiger partial charge in [0.15, 0.2) is 0 Å². The third-order valence-corrected chi connectivity index (χ3v) is 0.604. The minimum atomic E-state index is -1.71. The number of hydrogen-bond acceptors (Lipinski definition) is 4. The Bertz CT molecular complexity index is 91.0. The molecular formula is C4H7O5. The van der Waals surface area contributed by atoms with Crippen molar-refractivity contribution in [2.45, 2.75) is 6.10 Å². The third kappa shape index (κ3) is 5.05. The van der Waals surface area contributed by atoms with Crippen LogP contribution in [0.1, 0.15) is 0 Å². The first-order chi connectivity index (χ1) is 4.16. The fourth-order valence-corrected chi connectivity index (χ4v) is 0.217. The van der Waals surface area contributed by atoms with Crippen LogP contribution >= 0.6 is 0 Å². The second-order valence-electron chi connectivity index (χ2n) is 1.40. The van der Waals surface area contributed by atoms with Gasteiger partial charge in [-0.25, -0.2) is 0 Å². The van der Waals surface area contributed by atoms with E-state index in [9.17, 15) is 9.90 Å². The molecule has 0 aliphatic heterocycles. The van der Waals surface area contributed by atoms with Gasteiger partial charge in [-0.05, 0) is 0 Å². The molecule has 5 heteroatoms. The van der Waals surface area contributed by atoms with Gasteiger partial charge in [0.1, 0.15) is 12.7 Å². The number of carbonyl (C=O) groups excluding carboxylic acids is 1. The van der Waals surface area contributed by atoms with E-state index >= 15 is 0 Å². The lowest BCUT2D eigenvalue weighted by Gasteiger charge is -2.02. The van der Waals surface area contributed by atoms with Crippen LogP contribution in [0.5, 0.6) is 0 Å². The Morgan fingerprint density at radius 1 is 1.67 bits per heavy atom. The van der Waals surface area contributed by atoms with E-state index in [4.69, 9.17) is 10.2 Å². The molecule has 9 heavy (non-hydrogen) atoms. The lowest BCUT2D eigenvalue weighted by atomic mass is 10.4. The van der Waals surface area contributed by atoms with Crippen molar-refractivity contribution >= 4 is 6.16 Å². The normalized spacial score (nSPS) is 12.7. The monoisotopic (exact) mass is 135 g/mol. The predicted octanol–water partition coefficient (Wildman–Crippen LogP) is -1.09. The van der Waals surface area contributed by atoms with Gasteiger partial charge in [0.05, 0.1) is 6.61 Å². The SMILES string of the molecule is [O]C(=O)OCC(O)CO. The topological polar surface area (TPSA) is 86.7 Å². The van der Waals surface area contributed by atoms with Gasteiger partial charge < -0.3 is 14.9 Å². The highest BCUT2D eigenvalue weighted by molar-refractivity contribution is 5.56. The summed E-state index contributed by atoms with van der Waals surface area (Å²) in [5.74, 6) is 0. The van der Waals surface area contributed by atoms with E-state index in [-0.39, 0.29) is 0 Å². The van der Waals surface area contributed by atoms with E-state index in [1.165, 1.54) is 0 Å². The standard InChI is InChI=1S/C4H7O5/c5-1-3(6)2-9-4(7)8/h3,5-6H,1-2H2. The second-order valence-corrected chi connectivity index (χ2v) is 1.40. The summed E-state index contributed by atoms with van der Waals surface area (Å²) in [6.45, 7) is -0.966. The zero-order valence-electron chi connectivity index (χ0n) is 4.61. The van der Waals surface area contributed by atoms with E-state index < -0.39 is 25.5 Å². The Morgan fingerprint density at radius 3 is 2.56 bits per heavy atom. The summed E-state index contributed by atoms with van der Waals surface area (Å²) in [5, 5.41) is 26.0. The van der Waals surface area contributed by atoms with Crippen molar-refractivity contribution in [1.82, 2.24) is 0 Å². The van der Waals surface area contributed by atoms with Crippen LogP contribution in [0.15, 0.2) is 0 Å². The zero-order valence-corrected chi connectivity index (χ0v) is 4.61. The average Bonchev–Trinajstić information content (AvgIpc) is 1.83. The maximum absolute atomic E-state index is 9.49. The van der Waals surface area contributed by atoms with Crippen molar-refractivity contribution in [3.8, 4) is 0 Å².